The first-order valence-corrected chi connectivity index (χ1v) is 5.17. The van der Waals surface area contributed by atoms with Crippen LogP contribution in [-0.4, -0.2) is 19.9 Å². The molecule has 0 aliphatic heterocycles. The third kappa shape index (κ3) is 3.25. The zero-order chi connectivity index (χ0) is 12.3. The fraction of sp³-hybridized carbons (Fsp3) is 0.273. The molecule has 90 valence electrons. The lowest BCUT2D eigenvalue weighted by Gasteiger charge is -2.03. The standard InChI is InChI=1S/C11H13FN4O/c1-16-7-14-11(15-16)6-13-5-8-2-9(12)4-10(17)3-8/h2-4,7,13,17H,5-6H2,1H3. The van der Waals surface area contributed by atoms with Gasteiger partial charge in [0.1, 0.15) is 17.9 Å². The smallest absolute Gasteiger partial charge is 0.164 e. The lowest BCUT2D eigenvalue weighted by Crippen LogP contribution is -2.14. The van der Waals surface area contributed by atoms with Crippen LogP contribution < -0.4 is 5.32 Å². The van der Waals surface area contributed by atoms with Gasteiger partial charge in [-0.3, -0.25) is 4.68 Å². The Morgan fingerprint density at radius 3 is 2.82 bits per heavy atom. The molecule has 2 rings (SSSR count). The SMILES string of the molecule is Cn1cnc(CNCc2cc(O)cc(F)c2)n1. The zero-order valence-corrected chi connectivity index (χ0v) is 9.39. The molecule has 0 unspecified atom stereocenters. The van der Waals surface area contributed by atoms with Crippen molar-refractivity contribution in [2.45, 2.75) is 13.1 Å². The van der Waals surface area contributed by atoms with E-state index in [0.717, 1.165) is 6.07 Å². The molecule has 2 N–H and O–H groups in total. The van der Waals surface area contributed by atoms with Crippen molar-refractivity contribution in [3.63, 3.8) is 0 Å². The molecule has 0 bridgehead atoms. The van der Waals surface area contributed by atoms with Gasteiger partial charge < -0.3 is 10.4 Å². The molecule has 0 aliphatic carbocycles. The normalized spacial score (nSPS) is 10.7. The zero-order valence-electron chi connectivity index (χ0n) is 9.39. The van der Waals surface area contributed by atoms with Crippen LogP contribution in [0.15, 0.2) is 24.5 Å². The number of rotatable bonds is 4. The molecule has 0 spiro atoms. The average Bonchev–Trinajstić information content (AvgIpc) is 2.63. The first-order valence-electron chi connectivity index (χ1n) is 5.17. The highest BCUT2D eigenvalue weighted by Gasteiger charge is 2.01. The van der Waals surface area contributed by atoms with Gasteiger partial charge in [0, 0.05) is 19.7 Å². The Morgan fingerprint density at radius 2 is 2.18 bits per heavy atom. The van der Waals surface area contributed by atoms with E-state index in [1.807, 2.05) is 0 Å². The van der Waals surface area contributed by atoms with E-state index in [1.165, 1.54) is 12.1 Å². The maximum Gasteiger partial charge on any atom is 0.164 e. The van der Waals surface area contributed by atoms with E-state index in [4.69, 9.17) is 0 Å². The van der Waals surface area contributed by atoms with E-state index in [9.17, 15) is 9.50 Å². The number of halogens is 1. The molecule has 0 saturated heterocycles. The molecule has 0 saturated carbocycles. The van der Waals surface area contributed by atoms with Gasteiger partial charge in [-0.15, -0.1) is 0 Å². The van der Waals surface area contributed by atoms with Crippen molar-refractivity contribution in [3.05, 3.63) is 41.7 Å². The number of aromatic hydroxyl groups is 1. The highest BCUT2D eigenvalue weighted by Crippen LogP contribution is 2.14. The molecule has 0 amide bonds. The summed E-state index contributed by atoms with van der Waals surface area (Å²) in [6, 6.07) is 3.96. The van der Waals surface area contributed by atoms with E-state index < -0.39 is 5.82 Å². The first kappa shape index (κ1) is 11.5. The van der Waals surface area contributed by atoms with E-state index in [0.29, 0.717) is 24.5 Å². The Kier molecular flexibility index (Phi) is 3.34. The van der Waals surface area contributed by atoms with Gasteiger partial charge in [-0.05, 0) is 17.7 Å². The molecule has 1 heterocycles. The largest absolute Gasteiger partial charge is 0.508 e. The minimum Gasteiger partial charge on any atom is -0.508 e. The van der Waals surface area contributed by atoms with Gasteiger partial charge in [-0.1, -0.05) is 0 Å². The lowest BCUT2D eigenvalue weighted by molar-refractivity contribution is 0.467. The third-order valence-corrected chi connectivity index (χ3v) is 2.20. The van der Waals surface area contributed by atoms with Gasteiger partial charge in [-0.2, -0.15) is 5.10 Å². The number of aromatic nitrogens is 3. The molecule has 0 radical (unpaired) electrons. The van der Waals surface area contributed by atoms with E-state index in [-0.39, 0.29) is 5.75 Å². The summed E-state index contributed by atoms with van der Waals surface area (Å²) in [4.78, 5) is 4.05. The van der Waals surface area contributed by atoms with Crippen molar-refractivity contribution in [1.82, 2.24) is 20.1 Å². The molecular formula is C11H13FN4O. The summed E-state index contributed by atoms with van der Waals surface area (Å²) >= 11 is 0. The van der Waals surface area contributed by atoms with Crippen molar-refractivity contribution in [2.75, 3.05) is 0 Å². The van der Waals surface area contributed by atoms with Gasteiger partial charge in [0.25, 0.3) is 0 Å². The van der Waals surface area contributed by atoms with Gasteiger partial charge in [0.05, 0.1) is 6.54 Å². The van der Waals surface area contributed by atoms with Crippen LogP contribution >= 0.6 is 0 Å². The van der Waals surface area contributed by atoms with Crippen molar-refractivity contribution in [3.8, 4) is 5.75 Å². The van der Waals surface area contributed by atoms with Crippen LogP contribution in [0.3, 0.4) is 0 Å². The van der Waals surface area contributed by atoms with Crippen LogP contribution in [0.25, 0.3) is 0 Å². The fourth-order valence-corrected chi connectivity index (χ4v) is 1.52. The van der Waals surface area contributed by atoms with E-state index >= 15 is 0 Å². The number of nitrogens with zero attached hydrogens (tertiary/aromatic N) is 3. The molecule has 0 fully saturated rings. The Morgan fingerprint density at radius 1 is 1.35 bits per heavy atom. The summed E-state index contributed by atoms with van der Waals surface area (Å²) in [5.74, 6) is 0.156. The first-order chi connectivity index (χ1) is 8.13. The van der Waals surface area contributed by atoms with Crippen LogP contribution in [0.1, 0.15) is 11.4 Å². The second-order valence-corrected chi connectivity index (χ2v) is 3.76. The number of nitrogens with one attached hydrogen (secondary N) is 1. The molecule has 2 aromatic rings. The van der Waals surface area contributed by atoms with Crippen LogP contribution in [0.4, 0.5) is 4.39 Å². The monoisotopic (exact) mass is 236 g/mol. The van der Waals surface area contributed by atoms with Gasteiger partial charge >= 0.3 is 0 Å². The highest BCUT2D eigenvalue weighted by molar-refractivity contribution is 5.28. The molecule has 1 aromatic carbocycles. The van der Waals surface area contributed by atoms with Gasteiger partial charge in [0.2, 0.25) is 0 Å². The van der Waals surface area contributed by atoms with Crippen LogP contribution in [-0.2, 0) is 20.1 Å². The number of benzene rings is 1. The summed E-state index contributed by atoms with van der Waals surface area (Å²) in [6.45, 7) is 0.946. The summed E-state index contributed by atoms with van der Waals surface area (Å²) < 4.78 is 14.6. The molecular weight excluding hydrogens is 223 g/mol. The van der Waals surface area contributed by atoms with E-state index in [2.05, 4.69) is 15.4 Å². The number of hydrogen-bond donors (Lipinski definition) is 2. The highest BCUT2D eigenvalue weighted by atomic mass is 19.1. The van der Waals surface area contributed by atoms with Crippen LogP contribution in [0.2, 0.25) is 0 Å². The molecule has 5 nitrogen and oxygen atoms in total. The summed E-state index contributed by atoms with van der Waals surface area (Å²) in [5.41, 5.74) is 0.679. The number of aryl methyl sites for hydroxylation is 1. The minimum atomic E-state index is -0.447. The summed E-state index contributed by atoms with van der Waals surface area (Å²) in [6.07, 6.45) is 1.62. The van der Waals surface area contributed by atoms with Crippen molar-refractivity contribution >= 4 is 0 Å². The predicted octanol–water partition coefficient (Wildman–Crippen LogP) is 0.950. The Hall–Kier alpha value is -1.95. The summed E-state index contributed by atoms with van der Waals surface area (Å²) in [5, 5.41) is 16.4. The van der Waals surface area contributed by atoms with Crippen LogP contribution in [0.5, 0.6) is 5.75 Å². The number of phenolic OH excluding ortho intramolecular Hbond substituents is 1. The third-order valence-electron chi connectivity index (χ3n) is 2.20. The van der Waals surface area contributed by atoms with Gasteiger partial charge in [0.15, 0.2) is 5.82 Å². The summed E-state index contributed by atoms with van der Waals surface area (Å²) in [7, 11) is 1.79. The van der Waals surface area contributed by atoms with Gasteiger partial charge in [-0.25, -0.2) is 9.37 Å². The van der Waals surface area contributed by atoms with Crippen molar-refractivity contribution in [2.24, 2.45) is 7.05 Å². The molecule has 6 heteroatoms. The maximum atomic E-state index is 13.0. The number of phenols is 1. The average molecular weight is 236 g/mol. The molecule has 1 aromatic heterocycles. The Labute approximate surface area is 97.9 Å². The topological polar surface area (TPSA) is 63.0 Å². The number of hydrogen-bond acceptors (Lipinski definition) is 4. The maximum absolute atomic E-state index is 13.0. The quantitative estimate of drug-likeness (QED) is 0.829. The predicted molar refractivity (Wildman–Crippen MR) is 59.6 cm³/mol. The Balaban J connectivity index is 1.89. The molecule has 17 heavy (non-hydrogen) atoms. The van der Waals surface area contributed by atoms with Crippen LogP contribution in [0, 0.1) is 5.82 Å². The minimum absolute atomic E-state index is 0.0715. The second kappa shape index (κ2) is 4.92. The van der Waals surface area contributed by atoms with Crippen molar-refractivity contribution in [1.29, 1.82) is 0 Å². The Bertz CT molecular complexity index is 492. The van der Waals surface area contributed by atoms with E-state index in [1.54, 1.807) is 18.1 Å². The molecule has 0 atom stereocenters. The van der Waals surface area contributed by atoms with Crippen molar-refractivity contribution < 1.29 is 9.50 Å². The second-order valence-electron chi connectivity index (χ2n) is 3.76. The molecule has 0 aliphatic rings. The fourth-order valence-electron chi connectivity index (χ4n) is 1.52. The lowest BCUT2D eigenvalue weighted by atomic mass is 10.2.